The molecule has 3 N–H and O–H groups in total. The average Bonchev–Trinajstić information content (AvgIpc) is 2.50. The smallest absolute Gasteiger partial charge is 0.230 e. The zero-order valence-corrected chi connectivity index (χ0v) is 12.5. The summed E-state index contributed by atoms with van der Waals surface area (Å²) in [5.41, 5.74) is 5.40. The minimum Gasteiger partial charge on any atom is -0.342 e. The maximum atomic E-state index is 12.2. The van der Waals surface area contributed by atoms with E-state index in [9.17, 15) is 9.59 Å². The number of piperidine rings is 1. The molecule has 0 saturated carbocycles. The van der Waals surface area contributed by atoms with Crippen molar-refractivity contribution in [3.63, 3.8) is 0 Å². The van der Waals surface area contributed by atoms with Crippen LogP contribution in [0.2, 0.25) is 5.02 Å². The van der Waals surface area contributed by atoms with Crippen LogP contribution in [0, 0.1) is 5.92 Å². The zero-order valence-electron chi connectivity index (χ0n) is 11.7. The quantitative estimate of drug-likeness (QED) is 0.876. The Bertz CT molecular complexity index is 506. The monoisotopic (exact) mass is 310 g/mol. The standard InChI is InChI=1S/C14H19ClN4O2/c15-11-3-4-12(17-8-11)18-14(21)10-2-1-7-19(9-10)13(20)5-6-16/h3-4,8,10H,1-2,5-7,9,16H2,(H,17,18,21). The number of aromatic nitrogens is 1. The summed E-state index contributed by atoms with van der Waals surface area (Å²) in [6.45, 7) is 1.47. The summed E-state index contributed by atoms with van der Waals surface area (Å²) in [7, 11) is 0. The van der Waals surface area contributed by atoms with E-state index < -0.39 is 0 Å². The lowest BCUT2D eigenvalue weighted by molar-refractivity contribution is -0.134. The predicted octanol–water partition coefficient (Wildman–Crippen LogP) is 1.26. The van der Waals surface area contributed by atoms with E-state index in [0.717, 1.165) is 12.8 Å². The normalized spacial score (nSPS) is 18.4. The molecule has 1 saturated heterocycles. The SMILES string of the molecule is NCCC(=O)N1CCCC(C(=O)Nc2ccc(Cl)cn2)C1. The van der Waals surface area contributed by atoms with Gasteiger partial charge < -0.3 is 16.0 Å². The highest BCUT2D eigenvalue weighted by atomic mass is 35.5. The van der Waals surface area contributed by atoms with Gasteiger partial charge in [0.1, 0.15) is 5.82 Å². The van der Waals surface area contributed by atoms with Crippen molar-refractivity contribution in [3.05, 3.63) is 23.4 Å². The van der Waals surface area contributed by atoms with Crippen LogP contribution < -0.4 is 11.1 Å². The second-order valence-electron chi connectivity index (χ2n) is 5.07. The molecule has 1 unspecified atom stereocenters. The van der Waals surface area contributed by atoms with E-state index in [0.29, 0.717) is 36.9 Å². The number of rotatable bonds is 4. The Labute approximate surface area is 128 Å². The summed E-state index contributed by atoms with van der Waals surface area (Å²) < 4.78 is 0. The Morgan fingerprint density at radius 3 is 2.95 bits per heavy atom. The summed E-state index contributed by atoms with van der Waals surface area (Å²) >= 11 is 5.75. The molecule has 1 aliphatic heterocycles. The molecule has 0 spiro atoms. The fraction of sp³-hybridized carbons (Fsp3) is 0.500. The van der Waals surface area contributed by atoms with Crippen molar-refractivity contribution >= 4 is 29.2 Å². The molecule has 0 radical (unpaired) electrons. The van der Waals surface area contributed by atoms with Crippen molar-refractivity contribution in [3.8, 4) is 0 Å². The molecule has 2 rings (SSSR count). The number of pyridine rings is 1. The molecule has 0 bridgehead atoms. The predicted molar refractivity (Wildman–Crippen MR) is 80.9 cm³/mol. The molecular weight excluding hydrogens is 292 g/mol. The van der Waals surface area contributed by atoms with E-state index in [2.05, 4.69) is 10.3 Å². The summed E-state index contributed by atoms with van der Waals surface area (Å²) in [5, 5.41) is 3.28. The molecule has 1 aromatic rings. The molecule has 1 aromatic heterocycles. The summed E-state index contributed by atoms with van der Waals surface area (Å²) in [5.74, 6) is 0.155. The van der Waals surface area contributed by atoms with Crippen molar-refractivity contribution in [2.45, 2.75) is 19.3 Å². The van der Waals surface area contributed by atoms with Gasteiger partial charge >= 0.3 is 0 Å². The van der Waals surface area contributed by atoms with Crippen molar-refractivity contribution in [1.29, 1.82) is 0 Å². The van der Waals surface area contributed by atoms with Crippen LogP contribution in [0.1, 0.15) is 19.3 Å². The highest BCUT2D eigenvalue weighted by molar-refractivity contribution is 6.30. The molecule has 1 fully saturated rings. The van der Waals surface area contributed by atoms with Gasteiger partial charge in [-0.05, 0) is 25.0 Å². The Morgan fingerprint density at radius 1 is 1.48 bits per heavy atom. The lowest BCUT2D eigenvalue weighted by Crippen LogP contribution is -2.44. The van der Waals surface area contributed by atoms with Gasteiger partial charge in [-0.3, -0.25) is 9.59 Å². The molecule has 114 valence electrons. The molecule has 0 aromatic carbocycles. The third-order valence-corrected chi connectivity index (χ3v) is 3.71. The van der Waals surface area contributed by atoms with Crippen molar-refractivity contribution in [1.82, 2.24) is 9.88 Å². The van der Waals surface area contributed by atoms with Crippen LogP contribution in [-0.4, -0.2) is 41.3 Å². The van der Waals surface area contributed by atoms with Gasteiger partial charge in [-0.2, -0.15) is 0 Å². The number of nitrogens with two attached hydrogens (primary N) is 1. The van der Waals surface area contributed by atoms with E-state index in [1.54, 1.807) is 17.0 Å². The zero-order chi connectivity index (χ0) is 15.2. The fourth-order valence-corrected chi connectivity index (χ4v) is 2.49. The Hall–Kier alpha value is -1.66. The number of anilines is 1. The van der Waals surface area contributed by atoms with Gasteiger partial charge in [-0.15, -0.1) is 0 Å². The Morgan fingerprint density at radius 2 is 2.29 bits per heavy atom. The molecule has 2 heterocycles. The number of nitrogens with one attached hydrogen (secondary N) is 1. The van der Waals surface area contributed by atoms with E-state index >= 15 is 0 Å². The Kier molecular flexibility index (Phi) is 5.52. The van der Waals surface area contributed by atoms with E-state index in [1.165, 1.54) is 6.20 Å². The highest BCUT2D eigenvalue weighted by Crippen LogP contribution is 2.19. The van der Waals surface area contributed by atoms with Gasteiger partial charge in [0, 0.05) is 32.3 Å². The lowest BCUT2D eigenvalue weighted by atomic mass is 9.97. The van der Waals surface area contributed by atoms with Gasteiger partial charge in [0.05, 0.1) is 10.9 Å². The molecular formula is C14H19ClN4O2. The molecule has 21 heavy (non-hydrogen) atoms. The number of halogens is 1. The van der Waals surface area contributed by atoms with E-state index in [-0.39, 0.29) is 17.7 Å². The van der Waals surface area contributed by atoms with E-state index in [1.807, 2.05) is 0 Å². The highest BCUT2D eigenvalue weighted by Gasteiger charge is 2.28. The molecule has 1 aliphatic rings. The number of hydrogen-bond acceptors (Lipinski definition) is 4. The van der Waals surface area contributed by atoms with Crippen molar-refractivity contribution < 1.29 is 9.59 Å². The summed E-state index contributed by atoms with van der Waals surface area (Å²) in [6, 6.07) is 3.32. The molecule has 2 amide bonds. The third-order valence-electron chi connectivity index (χ3n) is 3.48. The minimum absolute atomic E-state index is 0.0135. The first-order valence-corrected chi connectivity index (χ1v) is 7.38. The average molecular weight is 311 g/mol. The first-order valence-electron chi connectivity index (χ1n) is 7.00. The molecule has 7 heteroatoms. The van der Waals surface area contributed by atoms with Gasteiger partial charge in [0.25, 0.3) is 0 Å². The van der Waals surface area contributed by atoms with E-state index in [4.69, 9.17) is 17.3 Å². The number of carbonyl (C=O) groups excluding carboxylic acids is 2. The van der Waals surface area contributed by atoms with Gasteiger partial charge in [0.2, 0.25) is 11.8 Å². The van der Waals surface area contributed by atoms with Crippen LogP contribution in [-0.2, 0) is 9.59 Å². The number of carbonyl (C=O) groups is 2. The minimum atomic E-state index is -0.210. The van der Waals surface area contributed by atoms with Gasteiger partial charge in [-0.25, -0.2) is 4.98 Å². The maximum absolute atomic E-state index is 12.2. The largest absolute Gasteiger partial charge is 0.342 e. The van der Waals surface area contributed by atoms with Crippen LogP contribution in [0.3, 0.4) is 0 Å². The summed E-state index contributed by atoms with van der Waals surface area (Å²) in [6.07, 6.45) is 3.40. The fourth-order valence-electron chi connectivity index (χ4n) is 2.38. The second kappa shape index (κ2) is 7.38. The van der Waals surface area contributed by atoms with Gasteiger partial charge in [0.15, 0.2) is 0 Å². The number of nitrogens with zero attached hydrogens (tertiary/aromatic N) is 2. The van der Waals surface area contributed by atoms with Gasteiger partial charge in [-0.1, -0.05) is 11.6 Å². The summed E-state index contributed by atoms with van der Waals surface area (Å²) in [4.78, 5) is 29.8. The topological polar surface area (TPSA) is 88.3 Å². The third kappa shape index (κ3) is 4.41. The van der Waals surface area contributed by atoms with Crippen LogP contribution >= 0.6 is 11.6 Å². The van der Waals surface area contributed by atoms with Crippen molar-refractivity contribution in [2.75, 3.05) is 25.0 Å². The first kappa shape index (κ1) is 15.7. The molecule has 0 aliphatic carbocycles. The molecule has 1 atom stereocenters. The first-order chi connectivity index (χ1) is 10.1. The lowest BCUT2D eigenvalue weighted by Gasteiger charge is -2.32. The van der Waals surface area contributed by atoms with Crippen LogP contribution in [0.15, 0.2) is 18.3 Å². The van der Waals surface area contributed by atoms with Crippen LogP contribution in [0.25, 0.3) is 0 Å². The Balaban J connectivity index is 1.92. The van der Waals surface area contributed by atoms with Crippen LogP contribution in [0.5, 0.6) is 0 Å². The maximum Gasteiger partial charge on any atom is 0.230 e. The molecule has 6 nitrogen and oxygen atoms in total. The van der Waals surface area contributed by atoms with Crippen LogP contribution in [0.4, 0.5) is 5.82 Å². The number of likely N-dealkylation sites (tertiary alicyclic amines) is 1. The second-order valence-corrected chi connectivity index (χ2v) is 5.50. The number of amides is 2. The van der Waals surface area contributed by atoms with Crippen molar-refractivity contribution in [2.24, 2.45) is 11.7 Å². The number of hydrogen-bond donors (Lipinski definition) is 2.